The molecule has 10 heteroatoms. The van der Waals surface area contributed by atoms with Crippen molar-refractivity contribution in [2.75, 3.05) is 27.4 Å². The summed E-state index contributed by atoms with van der Waals surface area (Å²) in [6.07, 6.45) is 1.36. The van der Waals surface area contributed by atoms with Crippen LogP contribution in [0.5, 0.6) is 11.5 Å². The van der Waals surface area contributed by atoms with E-state index in [-0.39, 0.29) is 36.4 Å². The molecule has 37 heavy (non-hydrogen) atoms. The molecule has 3 aromatic carbocycles. The summed E-state index contributed by atoms with van der Waals surface area (Å²) in [6, 6.07) is 17.8. The van der Waals surface area contributed by atoms with Crippen molar-refractivity contribution in [3.8, 4) is 11.5 Å². The number of hydrogen-bond donors (Lipinski definition) is 2. The first-order chi connectivity index (χ1) is 17.8. The van der Waals surface area contributed by atoms with Gasteiger partial charge in [-0.3, -0.25) is 4.79 Å². The molecule has 198 valence electrons. The number of rotatable bonds is 14. The van der Waals surface area contributed by atoms with Gasteiger partial charge >= 0.3 is 0 Å². The summed E-state index contributed by atoms with van der Waals surface area (Å²) in [4.78, 5) is 12.1. The van der Waals surface area contributed by atoms with Crippen molar-refractivity contribution in [3.63, 3.8) is 0 Å². The molecule has 0 aliphatic rings. The number of methoxy groups -OCH3 is 2. The first kappa shape index (κ1) is 28.1. The molecule has 0 unspecified atom stereocenters. The second-order valence-electron chi connectivity index (χ2n) is 8.23. The first-order valence-electron chi connectivity index (χ1n) is 11.7. The number of halogens is 1. The Kier molecular flexibility index (Phi) is 10.4. The van der Waals surface area contributed by atoms with E-state index in [1.54, 1.807) is 54.6 Å². The van der Waals surface area contributed by atoms with Gasteiger partial charge in [-0.1, -0.05) is 30.3 Å². The summed E-state index contributed by atoms with van der Waals surface area (Å²) in [5.41, 5.74) is 2.48. The van der Waals surface area contributed by atoms with Gasteiger partial charge in [0.2, 0.25) is 15.9 Å². The minimum atomic E-state index is -3.69. The molecular formula is C27H31FN2O6S. The third-order valence-electron chi connectivity index (χ3n) is 5.53. The van der Waals surface area contributed by atoms with Gasteiger partial charge in [0.25, 0.3) is 0 Å². The summed E-state index contributed by atoms with van der Waals surface area (Å²) in [7, 11) is -0.631. The number of carbonyl (C=O) groups excluding carboxylic acids is 1. The predicted molar refractivity (Wildman–Crippen MR) is 137 cm³/mol. The van der Waals surface area contributed by atoms with Gasteiger partial charge in [-0.15, -0.1) is 0 Å². The quantitative estimate of drug-likeness (QED) is 0.309. The second kappa shape index (κ2) is 13.7. The van der Waals surface area contributed by atoms with Crippen LogP contribution in [0.15, 0.2) is 71.6 Å². The maximum Gasteiger partial charge on any atom is 0.246 e. The lowest BCUT2D eigenvalue weighted by Crippen LogP contribution is -2.28. The van der Waals surface area contributed by atoms with Crippen LogP contribution in [-0.2, 0) is 39.1 Å². The van der Waals surface area contributed by atoms with Crippen LogP contribution in [0.25, 0.3) is 0 Å². The maximum atomic E-state index is 12.9. The molecule has 0 aliphatic heterocycles. The van der Waals surface area contributed by atoms with E-state index in [1.807, 2.05) is 0 Å². The van der Waals surface area contributed by atoms with Crippen LogP contribution in [0.3, 0.4) is 0 Å². The molecule has 0 aliphatic carbocycles. The largest absolute Gasteiger partial charge is 0.493 e. The highest BCUT2D eigenvalue weighted by Gasteiger charge is 2.14. The lowest BCUT2D eigenvalue weighted by molar-refractivity contribution is -0.126. The van der Waals surface area contributed by atoms with Crippen LogP contribution < -0.4 is 19.5 Å². The van der Waals surface area contributed by atoms with E-state index in [1.165, 1.54) is 26.4 Å². The molecule has 2 N–H and O–H groups in total. The molecule has 0 radical (unpaired) electrons. The van der Waals surface area contributed by atoms with Crippen molar-refractivity contribution >= 4 is 15.9 Å². The average Bonchev–Trinajstić information content (AvgIpc) is 2.91. The summed E-state index contributed by atoms with van der Waals surface area (Å²) >= 11 is 0. The molecule has 3 rings (SSSR count). The molecule has 0 atom stereocenters. The third kappa shape index (κ3) is 8.85. The van der Waals surface area contributed by atoms with E-state index in [4.69, 9.17) is 14.2 Å². The molecule has 0 fully saturated rings. The molecule has 0 saturated heterocycles. The minimum Gasteiger partial charge on any atom is -0.493 e. The number of nitrogens with one attached hydrogen (secondary N) is 2. The summed E-state index contributed by atoms with van der Waals surface area (Å²) in [5, 5.41) is 2.78. The maximum absolute atomic E-state index is 12.9. The average molecular weight is 531 g/mol. The summed E-state index contributed by atoms with van der Waals surface area (Å²) in [5.74, 6) is 0.543. The van der Waals surface area contributed by atoms with E-state index in [0.717, 1.165) is 16.7 Å². The lowest BCUT2D eigenvalue weighted by Gasteiger charge is -2.11. The zero-order valence-electron chi connectivity index (χ0n) is 20.8. The van der Waals surface area contributed by atoms with Crippen LogP contribution >= 0.6 is 0 Å². The number of aryl methyl sites for hydroxylation is 1. The highest BCUT2D eigenvalue weighted by atomic mass is 32.2. The molecule has 1 amide bonds. The Labute approximate surface area is 216 Å². The van der Waals surface area contributed by atoms with Crippen molar-refractivity contribution in [2.24, 2.45) is 0 Å². The van der Waals surface area contributed by atoms with Crippen LogP contribution in [0.2, 0.25) is 0 Å². The molecule has 0 heterocycles. The van der Waals surface area contributed by atoms with Crippen LogP contribution in [0, 0.1) is 5.82 Å². The fourth-order valence-corrected chi connectivity index (χ4v) is 4.52. The Morgan fingerprint density at radius 1 is 0.865 bits per heavy atom. The number of benzene rings is 3. The number of amides is 1. The van der Waals surface area contributed by atoms with Crippen molar-refractivity contribution in [1.29, 1.82) is 0 Å². The molecule has 3 aromatic rings. The van der Waals surface area contributed by atoms with Crippen LogP contribution in [0.4, 0.5) is 4.39 Å². The zero-order valence-corrected chi connectivity index (χ0v) is 21.6. The Balaban J connectivity index is 1.38. The molecule has 0 spiro atoms. The topological polar surface area (TPSA) is 103 Å². The third-order valence-corrected chi connectivity index (χ3v) is 6.94. The SMILES string of the molecule is COc1ccc(CNS(=O)(=O)c2ccc(CCCNC(=O)COCc3ccc(F)cc3)cc2)cc1OC. The van der Waals surface area contributed by atoms with Gasteiger partial charge in [0.05, 0.1) is 25.7 Å². The molecule has 0 aromatic heterocycles. The van der Waals surface area contributed by atoms with E-state index < -0.39 is 10.0 Å². The normalized spacial score (nSPS) is 11.2. The highest BCUT2D eigenvalue weighted by molar-refractivity contribution is 7.89. The fraction of sp³-hybridized carbons (Fsp3) is 0.296. The van der Waals surface area contributed by atoms with Gasteiger partial charge in [-0.2, -0.15) is 0 Å². The number of hydrogen-bond acceptors (Lipinski definition) is 6. The fourth-order valence-electron chi connectivity index (χ4n) is 3.50. The minimum absolute atomic E-state index is 0.0831. The van der Waals surface area contributed by atoms with Crippen LogP contribution in [0.1, 0.15) is 23.1 Å². The van der Waals surface area contributed by atoms with E-state index in [9.17, 15) is 17.6 Å². The van der Waals surface area contributed by atoms with E-state index >= 15 is 0 Å². The van der Waals surface area contributed by atoms with Crippen molar-refractivity contribution in [3.05, 3.63) is 89.2 Å². The molecule has 0 saturated carbocycles. The monoisotopic (exact) mass is 530 g/mol. The number of carbonyl (C=O) groups is 1. The lowest BCUT2D eigenvalue weighted by atomic mass is 10.1. The number of ether oxygens (including phenoxy) is 3. The Bertz CT molecular complexity index is 1270. The van der Waals surface area contributed by atoms with Crippen LogP contribution in [-0.4, -0.2) is 41.7 Å². The van der Waals surface area contributed by atoms with Crippen molar-refractivity contribution in [1.82, 2.24) is 10.0 Å². The van der Waals surface area contributed by atoms with Gasteiger partial charge in [0.15, 0.2) is 11.5 Å². The van der Waals surface area contributed by atoms with Gasteiger partial charge in [0.1, 0.15) is 12.4 Å². The highest BCUT2D eigenvalue weighted by Crippen LogP contribution is 2.27. The van der Waals surface area contributed by atoms with Gasteiger partial charge < -0.3 is 19.5 Å². The standard InChI is InChI=1S/C27H31FN2O6S/c1-34-25-14-9-22(16-26(25)35-2)17-30-37(32,33)24-12-7-20(8-13-24)4-3-15-29-27(31)19-36-18-21-5-10-23(28)11-6-21/h5-14,16,30H,3-4,15,17-19H2,1-2H3,(H,29,31). The Morgan fingerprint density at radius 2 is 1.51 bits per heavy atom. The predicted octanol–water partition coefficient (Wildman–Crippen LogP) is 3.59. The van der Waals surface area contributed by atoms with Crippen molar-refractivity contribution < 1.29 is 31.8 Å². The zero-order chi connectivity index (χ0) is 26.7. The van der Waals surface area contributed by atoms with Gasteiger partial charge in [-0.05, 0) is 65.9 Å². The first-order valence-corrected chi connectivity index (χ1v) is 13.2. The molecular weight excluding hydrogens is 499 g/mol. The van der Waals surface area contributed by atoms with Crippen molar-refractivity contribution in [2.45, 2.75) is 30.9 Å². The van der Waals surface area contributed by atoms with Gasteiger partial charge in [-0.25, -0.2) is 17.5 Å². The smallest absolute Gasteiger partial charge is 0.246 e. The molecule has 0 bridgehead atoms. The van der Waals surface area contributed by atoms with Gasteiger partial charge in [0, 0.05) is 13.1 Å². The molecule has 8 nitrogen and oxygen atoms in total. The summed E-state index contributed by atoms with van der Waals surface area (Å²) in [6.45, 7) is 0.718. The van der Waals surface area contributed by atoms with E-state index in [2.05, 4.69) is 10.0 Å². The summed E-state index contributed by atoms with van der Waals surface area (Å²) < 4.78 is 56.6. The Hall–Kier alpha value is -3.47. The Morgan fingerprint density at radius 3 is 2.19 bits per heavy atom. The number of sulfonamides is 1. The van der Waals surface area contributed by atoms with E-state index in [0.29, 0.717) is 30.9 Å². The second-order valence-corrected chi connectivity index (χ2v) is 10.00.